The number of anilines is 2. The van der Waals surface area contributed by atoms with Gasteiger partial charge in [-0.1, -0.05) is 25.7 Å². The molecule has 1 fully saturated rings. The number of hydrogen-bond donors (Lipinski definition) is 2. The largest absolute Gasteiger partial charge is 0.356 e. The average Bonchev–Trinajstić information content (AvgIpc) is 2.67. The van der Waals surface area contributed by atoms with E-state index < -0.39 is 0 Å². The van der Waals surface area contributed by atoms with Crippen LogP contribution in [0, 0.1) is 0 Å². The lowest BCUT2D eigenvalue weighted by Crippen LogP contribution is -2.32. The van der Waals surface area contributed by atoms with Crippen molar-refractivity contribution in [1.82, 2.24) is 9.97 Å². The standard InChI is InChI=1S/C12H20BrN5/c1-18(9-6-4-2-3-5-7-9)12-10(13)11(17-14)15-8-16-12/h8-9H,2-7,14H2,1H3,(H,15,16,17). The van der Waals surface area contributed by atoms with Crippen molar-refractivity contribution in [3.8, 4) is 0 Å². The lowest BCUT2D eigenvalue weighted by molar-refractivity contribution is 0.548. The van der Waals surface area contributed by atoms with E-state index in [4.69, 9.17) is 5.84 Å². The Morgan fingerprint density at radius 3 is 2.56 bits per heavy atom. The minimum atomic E-state index is 0.560. The summed E-state index contributed by atoms with van der Waals surface area (Å²) in [6, 6.07) is 0.560. The predicted octanol–water partition coefficient (Wildman–Crippen LogP) is 2.68. The van der Waals surface area contributed by atoms with E-state index >= 15 is 0 Å². The number of hydrazine groups is 1. The maximum atomic E-state index is 5.43. The summed E-state index contributed by atoms with van der Waals surface area (Å²) in [6.07, 6.45) is 9.33. The molecule has 1 saturated carbocycles. The summed E-state index contributed by atoms with van der Waals surface area (Å²) in [6.45, 7) is 0. The number of rotatable bonds is 3. The van der Waals surface area contributed by atoms with E-state index in [1.165, 1.54) is 38.5 Å². The van der Waals surface area contributed by atoms with E-state index in [1.807, 2.05) is 0 Å². The van der Waals surface area contributed by atoms with Gasteiger partial charge in [0.15, 0.2) is 5.82 Å². The third-order valence-corrected chi connectivity index (χ3v) is 4.34. The van der Waals surface area contributed by atoms with Crippen molar-refractivity contribution in [3.63, 3.8) is 0 Å². The highest BCUT2D eigenvalue weighted by molar-refractivity contribution is 9.10. The Labute approximate surface area is 116 Å². The van der Waals surface area contributed by atoms with Crippen LogP contribution in [0.1, 0.15) is 38.5 Å². The molecule has 1 aromatic rings. The summed E-state index contributed by atoms with van der Waals surface area (Å²) >= 11 is 3.52. The highest BCUT2D eigenvalue weighted by Gasteiger charge is 2.21. The van der Waals surface area contributed by atoms with Crippen LogP contribution in [-0.2, 0) is 0 Å². The van der Waals surface area contributed by atoms with Crippen molar-refractivity contribution in [2.45, 2.75) is 44.6 Å². The van der Waals surface area contributed by atoms with Gasteiger partial charge in [0.25, 0.3) is 0 Å². The zero-order valence-electron chi connectivity index (χ0n) is 10.7. The molecule has 0 amide bonds. The molecule has 6 heteroatoms. The Bertz CT molecular complexity index is 390. The van der Waals surface area contributed by atoms with E-state index in [0.29, 0.717) is 11.9 Å². The number of aromatic nitrogens is 2. The molecule has 0 aliphatic heterocycles. The summed E-state index contributed by atoms with van der Waals surface area (Å²) in [5.41, 5.74) is 2.58. The molecule has 100 valence electrons. The fourth-order valence-electron chi connectivity index (χ4n) is 2.53. The second-order valence-corrected chi connectivity index (χ2v) is 5.55. The predicted molar refractivity (Wildman–Crippen MR) is 77.4 cm³/mol. The van der Waals surface area contributed by atoms with Gasteiger partial charge >= 0.3 is 0 Å². The number of nitrogen functional groups attached to an aromatic ring is 1. The third kappa shape index (κ3) is 2.92. The fraction of sp³-hybridized carbons (Fsp3) is 0.667. The molecule has 18 heavy (non-hydrogen) atoms. The maximum Gasteiger partial charge on any atom is 0.159 e. The molecular weight excluding hydrogens is 294 g/mol. The lowest BCUT2D eigenvalue weighted by atomic mass is 10.1. The summed E-state index contributed by atoms with van der Waals surface area (Å²) in [4.78, 5) is 10.7. The van der Waals surface area contributed by atoms with Crippen molar-refractivity contribution >= 4 is 27.6 Å². The zero-order valence-corrected chi connectivity index (χ0v) is 12.3. The van der Waals surface area contributed by atoms with Crippen LogP contribution < -0.4 is 16.2 Å². The first-order valence-corrected chi connectivity index (χ1v) is 7.23. The molecule has 0 aromatic carbocycles. The van der Waals surface area contributed by atoms with Crippen molar-refractivity contribution in [1.29, 1.82) is 0 Å². The van der Waals surface area contributed by atoms with Gasteiger partial charge in [-0.2, -0.15) is 0 Å². The van der Waals surface area contributed by atoms with Gasteiger partial charge in [-0.05, 0) is 28.8 Å². The van der Waals surface area contributed by atoms with Gasteiger partial charge in [0.2, 0.25) is 0 Å². The molecule has 0 saturated heterocycles. The molecule has 2 rings (SSSR count). The second kappa shape index (κ2) is 6.33. The van der Waals surface area contributed by atoms with Crippen LogP contribution >= 0.6 is 15.9 Å². The van der Waals surface area contributed by atoms with E-state index in [-0.39, 0.29) is 0 Å². The van der Waals surface area contributed by atoms with E-state index in [1.54, 1.807) is 6.33 Å². The minimum Gasteiger partial charge on any atom is -0.356 e. The monoisotopic (exact) mass is 313 g/mol. The SMILES string of the molecule is CN(c1ncnc(NN)c1Br)C1CCCCCC1. The van der Waals surface area contributed by atoms with Gasteiger partial charge in [-0.25, -0.2) is 15.8 Å². The van der Waals surface area contributed by atoms with Gasteiger partial charge in [-0.3, -0.25) is 0 Å². The van der Waals surface area contributed by atoms with Gasteiger partial charge in [0.1, 0.15) is 16.6 Å². The van der Waals surface area contributed by atoms with E-state index in [0.717, 1.165) is 10.3 Å². The second-order valence-electron chi connectivity index (χ2n) is 4.76. The molecule has 0 spiro atoms. The van der Waals surface area contributed by atoms with Gasteiger partial charge < -0.3 is 10.3 Å². The summed E-state index contributed by atoms with van der Waals surface area (Å²) in [5, 5.41) is 0. The van der Waals surface area contributed by atoms with Crippen molar-refractivity contribution in [3.05, 3.63) is 10.8 Å². The normalized spacial score (nSPS) is 17.3. The highest BCUT2D eigenvalue weighted by Crippen LogP contribution is 2.32. The molecule has 1 aliphatic carbocycles. The average molecular weight is 314 g/mol. The highest BCUT2D eigenvalue weighted by atomic mass is 79.9. The summed E-state index contributed by atoms with van der Waals surface area (Å²) < 4.78 is 0.833. The molecule has 5 nitrogen and oxygen atoms in total. The number of nitrogens with one attached hydrogen (secondary N) is 1. The van der Waals surface area contributed by atoms with E-state index in [2.05, 4.69) is 43.3 Å². The number of nitrogens with zero attached hydrogens (tertiary/aromatic N) is 3. The molecule has 0 bridgehead atoms. The Balaban J connectivity index is 2.19. The first kappa shape index (κ1) is 13.5. The zero-order chi connectivity index (χ0) is 13.0. The fourth-order valence-corrected chi connectivity index (χ4v) is 3.12. The van der Waals surface area contributed by atoms with Gasteiger partial charge in [0, 0.05) is 13.1 Å². The van der Waals surface area contributed by atoms with Crippen LogP contribution in [0.4, 0.5) is 11.6 Å². The third-order valence-electron chi connectivity index (χ3n) is 3.61. The van der Waals surface area contributed by atoms with Crippen LogP contribution in [0.15, 0.2) is 10.8 Å². The minimum absolute atomic E-state index is 0.560. The quantitative estimate of drug-likeness (QED) is 0.510. The Kier molecular flexibility index (Phi) is 4.77. The molecular formula is C12H20BrN5. The molecule has 0 radical (unpaired) electrons. The van der Waals surface area contributed by atoms with E-state index in [9.17, 15) is 0 Å². The number of halogens is 1. The van der Waals surface area contributed by atoms with Crippen LogP contribution in [0.5, 0.6) is 0 Å². The molecule has 1 aromatic heterocycles. The lowest BCUT2D eigenvalue weighted by Gasteiger charge is -2.29. The van der Waals surface area contributed by atoms with Gasteiger partial charge in [-0.15, -0.1) is 0 Å². The Morgan fingerprint density at radius 1 is 1.28 bits per heavy atom. The van der Waals surface area contributed by atoms with Crippen LogP contribution in [0.2, 0.25) is 0 Å². The molecule has 3 N–H and O–H groups in total. The topological polar surface area (TPSA) is 67.1 Å². The van der Waals surface area contributed by atoms with Gasteiger partial charge in [0.05, 0.1) is 0 Å². The summed E-state index contributed by atoms with van der Waals surface area (Å²) in [7, 11) is 2.10. The van der Waals surface area contributed by atoms with Crippen molar-refractivity contribution in [2.75, 3.05) is 17.4 Å². The summed E-state index contributed by atoms with van der Waals surface area (Å²) in [5.74, 6) is 6.97. The smallest absolute Gasteiger partial charge is 0.159 e. The van der Waals surface area contributed by atoms with Crippen LogP contribution in [-0.4, -0.2) is 23.1 Å². The number of nitrogens with two attached hydrogens (primary N) is 1. The first-order chi connectivity index (χ1) is 8.74. The molecule has 0 unspecified atom stereocenters. The van der Waals surface area contributed by atoms with Crippen LogP contribution in [0.3, 0.4) is 0 Å². The van der Waals surface area contributed by atoms with Crippen molar-refractivity contribution < 1.29 is 0 Å². The molecule has 1 heterocycles. The maximum absolute atomic E-state index is 5.43. The first-order valence-electron chi connectivity index (χ1n) is 6.44. The van der Waals surface area contributed by atoms with Crippen molar-refractivity contribution in [2.24, 2.45) is 5.84 Å². The number of hydrogen-bond acceptors (Lipinski definition) is 5. The van der Waals surface area contributed by atoms with Crippen LogP contribution in [0.25, 0.3) is 0 Å². The Hall–Kier alpha value is -0.880. The Morgan fingerprint density at radius 2 is 1.94 bits per heavy atom. The molecule has 0 atom stereocenters. The molecule has 1 aliphatic rings.